The molecule has 0 aliphatic carbocycles. The summed E-state index contributed by atoms with van der Waals surface area (Å²) in [6.45, 7) is 12.3. The van der Waals surface area contributed by atoms with Gasteiger partial charge in [-0.3, -0.25) is 14.7 Å². The van der Waals surface area contributed by atoms with E-state index >= 15 is 0 Å². The summed E-state index contributed by atoms with van der Waals surface area (Å²) < 4.78 is 4.79. The topological polar surface area (TPSA) is 36.0 Å². The third-order valence-electron chi connectivity index (χ3n) is 6.95. The summed E-state index contributed by atoms with van der Waals surface area (Å²) in [6.07, 6.45) is 2.69. The van der Waals surface area contributed by atoms with Crippen molar-refractivity contribution in [3.05, 3.63) is 70.8 Å². The fourth-order valence-electron chi connectivity index (χ4n) is 5.19. The van der Waals surface area contributed by atoms with Crippen molar-refractivity contribution in [2.24, 2.45) is 0 Å². The number of rotatable bonds is 7. The highest BCUT2D eigenvalue weighted by molar-refractivity contribution is 5.89. The average molecular weight is 436 g/mol. The fraction of sp³-hybridized carbons (Fsp3) is 0.519. The third-order valence-corrected chi connectivity index (χ3v) is 6.95. The van der Waals surface area contributed by atoms with Gasteiger partial charge in [0, 0.05) is 44.8 Å². The summed E-state index contributed by atoms with van der Waals surface area (Å²) in [5.41, 5.74) is 4.67. The predicted octanol–water partition coefficient (Wildman–Crippen LogP) is 4.16. The van der Waals surface area contributed by atoms with Crippen molar-refractivity contribution in [3.8, 4) is 0 Å². The van der Waals surface area contributed by atoms with Crippen molar-refractivity contribution < 1.29 is 9.53 Å². The molecule has 2 aliphatic heterocycles. The lowest BCUT2D eigenvalue weighted by Crippen LogP contribution is -2.55. The van der Waals surface area contributed by atoms with E-state index in [0.29, 0.717) is 17.6 Å². The first-order chi connectivity index (χ1) is 15.5. The number of methoxy groups -OCH3 is 1. The summed E-state index contributed by atoms with van der Waals surface area (Å²) in [7, 11) is 1.42. The van der Waals surface area contributed by atoms with Crippen molar-refractivity contribution in [1.29, 1.82) is 0 Å². The maximum atomic E-state index is 11.6. The molecule has 5 nitrogen and oxygen atoms in total. The van der Waals surface area contributed by atoms with Crippen molar-refractivity contribution >= 4 is 5.97 Å². The molecule has 2 fully saturated rings. The molecule has 5 heteroatoms. The van der Waals surface area contributed by atoms with Crippen molar-refractivity contribution in [2.75, 3.05) is 33.3 Å². The number of likely N-dealkylation sites (tertiary alicyclic amines) is 1. The number of carbonyl (C=O) groups excluding carboxylic acids is 1. The lowest BCUT2D eigenvalue weighted by atomic mass is 10.0. The van der Waals surface area contributed by atoms with Gasteiger partial charge in [-0.1, -0.05) is 36.4 Å². The smallest absolute Gasteiger partial charge is 0.337 e. The Morgan fingerprint density at radius 1 is 0.781 bits per heavy atom. The van der Waals surface area contributed by atoms with Gasteiger partial charge in [0.05, 0.1) is 12.7 Å². The number of esters is 1. The molecule has 2 aromatic rings. The molecule has 32 heavy (non-hydrogen) atoms. The van der Waals surface area contributed by atoms with Crippen LogP contribution in [0, 0.1) is 0 Å². The number of ether oxygens (including phenoxy) is 1. The molecule has 2 aromatic carbocycles. The van der Waals surface area contributed by atoms with E-state index in [1.807, 2.05) is 24.3 Å². The maximum Gasteiger partial charge on any atom is 0.337 e. The number of nitrogens with zero attached hydrogens (tertiary/aromatic N) is 3. The van der Waals surface area contributed by atoms with E-state index in [2.05, 4.69) is 52.8 Å². The van der Waals surface area contributed by atoms with Crippen LogP contribution in [0.4, 0.5) is 0 Å². The van der Waals surface area contributed by atoms with Gasteiger partial charge < -0.3 is 4.74 Å². The molecule has 2 atom stereocenters. The highest BCUT2D eigenvalue weighted by Gasteiger charge is 2.29. The van der Waals surface area contributed by atoms with Gasteiger partial charge in [-0.15, -0.1) is 0 Å². The Labute approximate surface area is 193 Å². The predicted molar refractivity (Wildman–Crippen MR) is 128 cm³/mol. The van der Waals surface area contributed by atoms with E-state index in [1.165, 1.54) is 49.7 Å². The van der Waals surface area contributed by atoms with Crippen LogP contribution in [0.1, 0.15) is 53.7 Å². The Hall–Kier alpha value is -2.21. The largest absolute Gasteiger partial charge is 0.465 e. The van der Waals surface area contributed by atoms with E-state index in [1.54, 1.807) is 0 Å². The SMILES string of the molecule is COC(=O)c1ccc(CN2C[C@@H](C)N(Cc3ccc(CN4CCCC4)cc3)[C@@H](C)C2)cc1. The zero-order valence-electron chi connectivity index (χ0n) is 19.8. The molecule has 0 bridgehead atoms. The highest BCUT2D eigenvalue weighted by Crippen LogP contribution is 2.22. The Bertz CT molecular complexity index is 863. The van der Waals surface area contributed by atoms with E-state index in [0.717, 1.165) is 32.7 Å². The second kappa shape index (κ2) is 10.6. The Morgan fingerprint density at radius 2 is 1.25 bits per heavy atom. The Balaban J connectivity index is 1.30. The van der Waals surface area contributed by atoms with Crippen LogP contribution >= 0.6 is 0 Å². The van der Waals surface area contributed by atoms with Gasteiger partial charge in [0.15, 0.2) is 0 Å². The summed E-state index contributed by atoms with van der Waals surface area (Å²) in [6, 6.07) is 18.1. The molecule has 172 valence electrons. The molecule has 0 radical (unpaired) electrons. The molecule has 2 heterocycles. The third kappa shape index (κ3) is 5.77. The minimum Gasteiger partial charge on any atom is -0.465 e. The van der Waals surface area contributed by atoms with Crippen LogP contribution < -0.4 is 0 Å². The monoisotopic (exact) mass is 435 g/mol. The number of hydrogen-bond donors (Lipinski definition) is 0. The van der Waals surface area contributed by atoms with Gasteiger partial charge >= 0.3 is 5.97 Å². The minimum atomic E-state index is -0.281. The number of hydrogen-bond acceptors (Lipinski definition) is 5. The maximum absolute atomic E-state index is 11.6. The summed E-state index contributed by atoms with van der Waals surface area (Å²) >= 11 is 0. The normalized spacial score (nSPS) is 22.8. The molecule has 4 rings (SSSR count). The molecule has 0 unspecified atom stereocenters. The zero-order chi connectivity index (χ0) is 22.5. The molecule has 2 saturated heterocycles. The lowest BCUT2D eigenvalue weighted by molar-refractivity contribution is 0.0290. The summed E-state index contributed by atoms with van der Waals surface area (Å²) in [5, 5.41) is 0. The molecular weight excluding hydrogens is 398 g/mol. The van der Waals surface area contributed by atoms with Crippen LogP contribution in [0.25, 0.3) is 0 Å². The summed E-state index contributed by atoms with van der Waals surface area (Å²) in [5.74, 6) is -0.281. The van der Waals surface area contributed by atoms with E-state index in [4.69, 9.17) is 4.74 Å². The van der Waals surface area contributed by atoms with Crippen LogP contribution in [0.3, 0.4) is 0 Å². The second-order valence-electron chi connectivity index (χ2n) is 9.55. The van der Waals surface area contributed by atoms with Crippen molar-refractivity contribution in [3.63, 3.8) is 0 Å². The van der Waals surface area contributed by atoms with Gasteiger partial charge in [-0.2, -0.15) is 0 Å². The molecule has 0 aromatic heterocycles. The lowest BCUT2D eigenvalue weighted by Gasteiger charge is -2.44. The van der Waals surface area contributed by atoms with Gasteiger partial charge in [-0.05, 0) is 68.6 Å². The van der Waals surface area contributed by atoms with Gasteiger partial charge in [0.2, 0.25) is 0 Å². The minimum absolute atomic E-state index is 0.281. The fourth-order valence-corrected chi connectivity index (χ4v) is 5.19. The van der Waals surface area contributed by atoms with Gasteiger partial charge in [0.25, 0.3) is 0 Å². The number of carbonyl (C=O) groups is 1. The van der Waals surface area contributed by atoms with E-state index < -0.39 is 0 Å². The Morgan fingerprint density at radius 3 is 1.78 bits per heavy atom. The van der Waals surface area contributed by atoms with Gasteiger partial charge in [-0.25, -0.2) is 4.79 Å². The van der Waals surface area contributed by atoms with Crippen LogP contribution in [-0.2, 0) is 24.4 Å². The first kappa shape index (κ1) is 23.0. The molecule has 2 aliphatic rings. The highest BCUT2D eigenvalue weighted by atomic mass is 16.5. The molecule has 0 amide bonds. The van der Waals surface area contributed by atoms with Crippen LogP contribution in [0.15, 0.2) is 48.5 Å². The number of piperazine rings is 1. The van der Waals surface area contributed by atoms with Crippen LogP contribution in [0.5, 0.6) is 0 Å². The first-order valence-corrected chi connectivity index (χ1v) is 12.0. The molecular formula is C27H37N3O2. The Kier molecular flexibility index (Phi) is 7.61. The van der Waals surface area contributed by atoms with Crippen molar-refractivity contribution in [1.82, 2.24) is 14.7 Å². The van der Waals surface area contributed by atoms with E-state index in [-0.39, 0.29) is 5.97 Å². The average Bonchev–Trinajstić information content (AvgIpc) is 3.30. The zero-order valence-corrected chi connectivity index (χ0v) is 19.8. The summed E-state index contributed by atoms with van der Waals surface area (Å²) in [4.78, 5) is 19.4. The quantitative estimate of drug-likeness (QED) is 0.610. The molecule has 0 saturated carbocycles. The first-order valence-electron chi connectivity index (χ1n) is 12.0. The van der Waals surface area contributed by atoms with Crippen LogP contribution in [-0.4, -0.2) is 66.0 Å². The van der Waals surface area contributed by atoms with Gasteiger partial charge in [0.1, 0.15) is 0 Å². The standard InChI is InChI=1S/C27H37N3O2/c1-21-16-29(19-24-10-12-26(13-11-24)27(31)32-3)17-22(2)30(21)20-25-8-6-23(7-9-25)18-28-14-4-5-15-28/h6-13,21-22H,4-5,14-20H2,1-3H3/t21-,22+. The second-order valence-corrected chi connectivity index (χ2v) is 9.55. The molecule has 0 N–H and O–H groups in total. The van der Waals surface area contributed by atoms with E-state index in [9.17, 15) is 4.79 Å². The van der Waals surface area contributed by atoms with Crippen molar-refractivity contribution in [2.45, 2.75) is 58.4 Å². The number of benzene rings is 2. The van der Waals surface area contributed by atoms with Crippen LogP contribution in [0.2, 0.25) is 0 Å². The molecule has 0 spiro atoms.